The number of amides is 3. The van der Waals surface area contributed by atoms with E-state index in [1.54, 1.807) is 0 Å². The van der Waals surface area contributed by atoms with E-state index in [4.69, 9.17) is 0 Å². The van der Waals surface area contributed by atoms with Crippen molar-refractivity contribution in [1.29, 1.82) is 0 Å². The zero-order valence-corrected chi connectivity index (χ0v) is 5.09. The van der Waals surface area contributed by atoms with Gasteiger partial charge >= 0.3 is 6.03 Å². The van der Waals surface area contributed by atoms with Gasteiger partial charge in [0.1, 0.15) is 0 Å². The second-order valence-electron chi connectivity index (χ2n) is 1.65. The first-order valence-corrected chi connectivity index (χ1v) is 2.62. The Balaban J connectivity index is 2.54. The average Bonchev–Trinajstić information content (AvgIpc) is 2.13. The minimum Gasteiger partial charge on any atom is -0.469 e. The number of ether oxygens (including phenoxy) is 1. The minimum absolute atomic E-state index is 0.495. The topological polar surface area (TPSA) is 67.4 Å². The molecule has 5 heteroatoms. The molecule has 0 radical (unpaired) electrons. The van der Waals surface area contributed by atoms with E-state index >= 15 is 0 Å². The van der Waals surface area contributed by atoms with Gasteiger partial charge < -0.3 is 4.74 Å². The molecule has 5 nitrogen and oxygen atoms in total. The predicted octanol–water partition coefficient (Wildman–Crippen LogP) is -0.688. The average molecular weight is 142 g/mol. The fourth-order valence-corrected chi connectivity index (χ4v) is 0.590. The molecule has 0 aliphatic carbocycles. The summed E-state index contributed by atoms with van der Waals surface area (Å²) in [6.45, 7) is 3.23. The molecule has 0 aromatic carbocycles. The lowest BCUT2D eigenvalue weighted by atomic mass is 10.6. The lowest BCUT2D eigenvalue weighted by Gasteiger charge is -2.03. The highest BCUT2D eigenvalue weighted by molar-refractivity contribution is 6.03. The molecule has 1 aliphatic rings. The lowest BCUT2D eigenvalue weighted by Crippen LogP contribution is -2.29. The third kappa shape index (κ3) is 1.07. The van der Waals surface area contributed by atoms with Gasteiger partial charge in [-0.05, 0) is 0 Å². The van der Waals surface area contributed by atoms with Crippen molar-refractivity contribution in [2.24, 2.45) is 0 Å². The van der Waals surface area contributed by atoms with Crippen LogP contribution in [-0.2, 0) is 9.53 Å². The van der Waals surface area contributed by atoms with E-state index in [1.165, 1.54) is 0 Å². The van der Waals surface area contributed by atoms with Crippen molar-refractivity contribution in [3.8, 4) is 0 Å². The molecule has 1 heterocycles. The van der Waals surface area contributed by atoms with E-state index in [0.717, 1.165) is 6.26 Å². The minimum atomic E-state index is -0.912. The van der Waals surface area contributed by atoms with Crippen LogP contribution in [0, 0.1) is 0 Å². The monoisotopic (exact) mass is 142 g/mol. The standard InChI is InChI=1S/C5H6N2O3/c1-2-10-4-3(8)6-5(9)7-4/h2,4H,1H2,(H2,6,7,8,9). The van der Waals surface area contributed by atoms with Crippen molar-refractivity contribution in [3.63, 3.8) is 0 Å². The van der Waals surface area contributed by atoms with Gasteiger partial charge in [0.05, 0.1) is 6.26 Å². The first-order chi connectivity index (χ1) is 4.74. The summed E-state index contributed by atoms with van der Waals surface area (Å²) >= 11 is 0. The van der Waals surface area contributed by atoms with Crippen molar-refractivity contribution in [3.05, 3.63) is 12.8 Å². The van der Waals surface area contributed by atoms with Crippen LogP contribution in [0.2, 0.25) is 0 Å². The van der Waals surface area contributed by atoms with E-state index in [-0.39, 0.29) is 0 Å². The van der Waals surface area contributed by atoms with Gasteiger partial charge in [-0.1, -0.05) is 6.58 Å². The Labute approximate surface area is 57.0 Å². The van der Waals surface area contributed by atoms with Crippen LogP contribution < -0.4 is 10.6 Å². The number of nitrogens with one attached hydrogen (secondary N) is 2. The third-order valence-corrected chi connectivity index (χ3v) is 0.969. The summed E-state index contributed by atoms with van der Waals surface area (Å²) in [5, 5.41) is 4.20. The van der Waals surface area contributed by atoms with Crippen LogP contribution in [0.1, 0.15) is 0 Å². The van der Waals surface area contributed by atoms with Crippen molar-refractivity contribution in [2.75, 3.05) is 0 Å². The maximum Gasteiger partial charge on any atom is 0.324 e. The Kier molecular flexibility index (Phi) is 1.57. The fraction of sp³-hybridized carbons (Fsp3) is 0.200. The summed E-state index contributed by atoms with van der Waals surface area (Å²) in [5.41, 5.74) is 0. The van der Waals surface area contributed by atoms with Gasteiger partial charge in [0.2, 0.25) is 0 Å². The van der Waals surface area contributed by atoms with Gasteiger partial charge in [-0.15, -0.1) is 0 Å². The Bertz CT molecular complexity index is 189. The van der Waals surface area contributed by atoms with Crippen LogP contribution >= 0.6 is 0 Å². The number of urea groups is 1. The summed E-state index contributed by atoms with van der Waals surface area (Å²) in [4.78, 5) is 21.0. The molecule has 54 valence electrons. The van der Waals surface area contributed by atoms with E-state index in [0.29, 0.717) is 0 Å². The molecule has 0 saturated carbocycles. The van der Waals surface area contributed by atoms with Gasteiger partial charge in [0.15, 0.2) is 0 Å². The Morgan fingerprint density at radius 2 is 2.30 bits per heavy atom. The van der Waals surface area contributed by atoms with Gasteiger partial charge in [0, 0.05) is 0 Å². The lowest BCUT2D eigenvalue weighted by molar-refractivity contribution is -0.126. The van der Waals surface area contributed by atoms with E-state index < -0.39 is 18.2 Å². The van der Waals surface area contributed by atoms with Crippen LogP contribution in [-0.4, -0.2) is 18.2 Å². The molecule has 1 rings (SSSR count). The molecule has 0 aromatic rings. The summed E-state index contributed by atoms with van der Waals surface area (Å²) < 4.78 is 4.61. The van der Waals surface area contributed by atoms with Crippen molar-refractivity contribution in [2.45, 2.75) is 6.23 Å². The van der Waals surface area contributed by atoms with Gasteiger partial charge in [-0.2, -0.15) is 0 Å². The van der Waals surface area contributed by atoms with Crippen LogP contribution in [0.5, 0.6) is 0 Å². The highest BCUT2D eigenvalue weighted by atomic mass is 16.5. The van der Waals surface area contributed by atoms with Gasteiger partial charge in [-0.25, -0.2) is 4.79 Å². The van der Waals surface area contributed by atoms with Crippen LogP contribution in [0.4, 0.5) is 4.79 Å². The zero-order valence-electron chi connectivity index (χ0n) is 5.09. The molecule has 0 spiro atoms. The Morgan fingerprint density at radius 1 is 1.60 bits per heavy atom. The quantitative estimate of drug-likeness (QED) is 0.396. The van der Waals surface area contributed by atoms with Gasteiger partial charge in [0.25, 0.3) is 12.1 Å². The SMILES string of the molecule is C=COC1NC(=O)NC1=O. The van der Waals surface area contributed by atoms with Crippen LogP contribution in [0.15, 0.2) is 12.8 Å². The normalized spacial score (nSPS) is 23.4. The largest absolute Gasteiger partial charge is 0.469 e. The van der Waals surface area contributed by atoms with Crippen molar-refractivity contribution < 1.29 is 14.3 Å². The zero-order chi connectivity index (χ0) is 7.56. The maximum atomic E-state index is 10.6. The molecule has 0 aromatic heterocycles. The second kappa shape index (κ2) is 2.38. The number of carbonyl (C=O) groups excluding carboxylic acids is 2. The highest BCUT2D eigenvalue weighted by Crippen LogP contribution is 1.94. The van der Waals surface area contributed by atoms with Gasteiger partial charge in [-0.3, -0.25) is 15.4 Å². The predicted molar refractivity (Wildman–Crippen MR) is 31.7 cm³/mol. The smallest absolute Gasteiger partial charge is 0.324 e. The maximum absolute atomic E-state index is 10.6. The summed E-state index contributed by atoms with van der Waals surface area (Å²) in [5.74, 6) is -0.495. The first-order valence-electron chi connectivity index (χ1n) is 2.62. The highest BCUT2D eigenvalue weighted by Gasteiger charge is 2.29. The summed E-state index contributed by atoms with van der Waals surface area (Å²) in [6, 6.07) is -0.545. The van der Waals surface area contributed by atoms with Crippen molar-refractivity contribution >= 4 is 11.9 Å². The second-order valence-corrected chi connectivity index (χ2v) is 1.65. The molecule has 1 atom stereocenters. The third-order valence-electron chi connectivity index (χ3n) is 0.969. The molecule has 1 saturated heterocycles. The van der Waals surface area contributed by atoms with Crippen LogP contribution in [0.25, 0.3) is 0 Å². The number of hydrogen-bond acceptors (Lipinski definition) is 3. The van der Waals surface area contributed by atoms with E-state index in [2.05, 4.69) is 16.6 Å². The molecule has 1 unspecified atom stereocenters. The van der Waals surface area contributed by atoms with E-state index in [1.807, 2.05) is 5.32 Å². The fourth-order valence-electron chi connectivity index (χ4n) is 0.590. The van der Waals surface area contributed by atoms with E-state index in [9.17, 15) is 9.59 Å². The number of carbonyl (C=O) groups is 2. The number of hydrogen-bond donors (Lipinski definition) is 2. The number of rotatable bonds is 2. The molecule has 0 bridgehead atoms. The summed E-state index contributed by atoms with van der Waals surface area (Å²) in [7, 11) is 0. The molecular formula is C5H6N2O3. The van der Waals surface area contributed by atoms with Crippen LogP contribution in [0.3, 0.4) is 0 Å². The molecule has 1 fully saturated rings. The van der Waals surface area contributed by atoms with Crippen molar-refractivity contribution in [1.82, 2.24) is 10.6 Å². The molecule has 1 aliphatic heterocycles. The number of imide groups is 1. The molecule has 10 heavy (non-hydrogen) atoms. The molecule has 2 N–H and O–H groups in total. The Morgan fingerprint density at radius 3 is 2.70 bits per heavy atom. The first kappa shape index (κ1) is 6.60. The summed E-state index contributed by atoms with van der Waals surface area (Å²) in [6.07, 6.45) is 0.181. The molecular weight excluding hydrogens is 136 g/mol. The Hall–Kier alpha value is -1.52. The molecule has 3 amide bonds.